The van der Waals surface area contributed by atoms with Crippen molar-refractivity contribution in [1.29, 1.82) is 0 Å². The molecule has 4 N–H and O–H groups in total. The van der Waals surface area contributed by atoms with E-state index in [1.54, 1.807) is 12.5 Å². The average Bonchev–Trinajstić information content (AvgIpc) is 3.56. The summed E-state index contributed by atoms with van der Waals surface area (Å²) in [6.07, 6.45) is 3.96. The number of nitrogens with one attached hydrogen (secondary N) is 4. The second kappa shape index (κ2) is 12.4. The van der Waals surface area contributed by atoms with E-state index in [2.05, 4.69) is 21.3 Å². The Morgan fingerprint density at radius 3 is 1.40 bits per heavy atom. The third-order valence-electron chi connectivity index (χ3n) is 5.21. The summed E-state index contributed by atoms with van der Waals surface area (Å²) < 4.78 is 10.5. The van der Waals surface area contributed by atoms with Crippen molar-refractivity contribution in [3.05, 3.63) is 108 Å². The Labute approximate surface area is 203 Å². The van der Waals surface area contributed by atoms with Gasteiger partial charge in [0.1, 0.15) is 11.5 Å². The summed E-state index contributed by atoms with van der Waals surface area (Å²) in [5, 5.41) is 11.8. The molecular weight excluding hydrogens is 444 g/mol. The first-order valence-electron chi connectivity index (χ1n) is 11.4. The fourth-order valence-corrected chi connectivity index (χ4v) is 3.48. The lowest BCUT2D eigenvalue weighted by atomic mass is 10.0. The van der Waals surface area contributed by atoms with E-state index in [9.17, 15) is 9.59 Å². The molecule has 0 fully saturated rings. The topological polar surface area (TPSA) is 109 Å². The van der Waals surface area contributed by atoms with Crippen LogP contribution in [0.1, 0.15) is 22.6 Å². The lowest BCUT2D eigenvalue weighted by Crippen LogP contribution is -2.27. The Morgan fingerprint density at radius 1 is 0.600 bits per heavy atom. The molecule has 4 rings (SSSR count). The first-order valence-corrected chi connectivity index (χ1v) is 11.4. The minimum atomic E-state index is -0.113. The van der Waals surface area contributed by atoms with Crippen molar-refractivity contribution in [2.24, 2.45) is 0 Å². The van der Waals surface area contributed by atoms with Crippen LogP contribution in [-0.4, -0.2) is 24.9 Å². The Morgan fingerprint density at radius 2 is 1.03 bits per heavy atom. The molecule has 2 amide bonds. The minimum absolute atomic E-state index is 0.113. The van der Waals surface area contributed by atoms with Crippen molar-refractivity contribution >= 4 is 23.2 Å². The Balaban J connectivity index is 1.17. The van der Waals surface area contributed by atoms with Crippen LogP contribution >= 0.6 is 0 Å². The van der Waals surface area contributed by atoms with Crippen LogP contribution in [0.3, 0.4) is 0 Å². The van der Waals surface area contributed by atoms with Gasteiger partial charge < -0.3 is 30.1 Å². The quantitative estimate of drug-likeness (QED) is 0.249. The molecule has 0 aliphatic rings. The lowest BCUT2D eigenvalue weighted by molar-refractivity contribution is -0.116. The van der Waals surface area contributed by atoms with Crippen LogP contribution in [0.25, 0.3) is 0 Å². The third kappa shape index (κ3) is 7.99. The number of hydrogen-bond donors (Lipinski definition) is 4. The summed E-state index contributed by atoms with van der Waals surface area (Å²) in [7, 11) is 0. The van der Waals surface area contributed by atoms with Crippen LogP contribution in [0, 0.1) is 0 Å². The Kier molecular flexibility index (Phi) is 8.47. The molecule has 0 radical (unpaired) electrons. The molecule has 0 saturated heterocycles. The van der Waals surface area contributed by atoms with Gasteiger partial charge in [-0.1, -0.05) is 24.3 Å². The molecule has 0 atom stereocenters. The number of furan rings is 2. The van der Waals surface area contributed by atoms with E-state index in [0.29, 0.717) is 13.1 Å². The first-order chi connectivity index (χ1) is 17.1. The fourth-order valence-electron chi connectivity index (χ4n) is 3.48. The van der Waals surface area contributed by atoms with E-state index in [4.69, 9.17) is 8.83 Å². The highest BCUT2D eigenvalue weighted by Crippen LogP contribution is 2.16. The summed E-state index contributed by atoms with van der Waals surface area (Å²) in [6.45, 7) is 1.41. The molecule has 180 valence electrons. The largest absolute Gasteiger partial charge is 0.468 e. The predicted molar refractivity (Wildman–Crippen MR) is 134 cm³/mol. The Hall–Kier alpha value is -4.14. The molecule has 0 saturated carbocycles. The fraction of sp³-hybridized carbons (Fsp3) is 0.185. The third-order valence-corrected chi connectivity index (χ3v) is 5.21. The van der Waals surface area contributed by atoms with Gasteiger partial charge in [-0.15, -0.1) is 0 Å². The molecule has 4 aromatic rings. The average molecular weight is 473 g/mol. The van der Waals surface area contributed by atoms with E-state index in [-0.39, 0.29) is 24.9 Å². The lowest BCUT2D eigenvalue weighted by Gasteiger charge is -2.09. The zero-order valence-corrected chi connectivity index (χ0v) is 19.3. The number of amides is 2. The normalized spacial score (nSPS) is 10.7. The minimum Gasteiger partial charge on any atom is -0.468 e. The standard InChI is InChI=1S/C27H28N4O4/c32-26(18-28-16-24-3-1-13-34-24)30-22-9-5-20(6-10-22)15-21-7-11-23(12-8-21)31-27(33)19-29-17-25-4-2-14-35-25/h1-14,28-29H,15-19H2,(H,30,32)(H,31,33). The molecule has 2 heterocycles. The molecule has 2 aromatic carbocycles. The summed E-state index contributed by atoms with van der Waals surface area (Å²) in [5.74, 6) is 1.35. The van der Waals surface area contributed by atoms with Crippen LogP contribution in [0.4, 0.5) is 11.4 Å². The number of benzene rings is 2. The molecule has 0 aliphatic heterocycles. The Bertz CT molecular complexity index is 1090. The van der Waals surface area contributed by atoms with E-state index < -0.39 is 0 Å². The monoisotopic (exact) mass is 472 g/mol. The van der Waals surface area contributed by atoms with Gasteiger partial charge in [0, 0.05) is 11.4 Å². The molecule has 0 aliphatic carbocycles. The van der Waals surface area contributed by atoms with Gasteiger partial charge in [0.25, 0.3) is 0 Å². The van der Waals surface area contributed by atoms with E-state index in [1.807, 2.05) is 72.8 Å². The molecule has 2 aromatic heterocycles. The van der Waals surface area contributed by atoms with Crippen LogP contribution in [0.2, 0.25) is 0 Å². The highest BCUT2D eigenvalue weighted by atomic mass is 16.3. The van der Waals surface area contributed by atoms with Gasteiger partial charge >= 0.3 is 0 Å². The summed E-state index contributed by atoms with van der Waals surface area (Å²) in [4.78, 5) is 24.2. The van der Waals surface area contributed by atoms with Crippen molar-refractivity contribution < 1.29 is 18.4 Å². The van der Waals surface area contributed by atoms with Crippen molar-refractivity contribution in [3.8, 4) is 0 Å². The van der Waals surface area contributed by atoms with Crippen LogP contribution in [0.5, 0.6) is 0 Å². The van der Waals surface area contributed by atoms with Gasteiger partial charge in [0.15, 0.2) is 0 Å². The number of carbonyl (C=O) groups excluding carboxylic acids is 2. The molecule has 0 spiro atoms. The SMILES string of the molecule is O=C(CNCc1ccco1)Nc1ccc(Cc2ccc(NC(=O)CNCc3ccco3)cc2)cc1. The first kappa shape index (κ1) is 24.0. The summed E-state index contributed by atoms with van der Waals surface area (Å²) in [5.41, 5.74) is 3.74. The van der Waals surface area contributed by atoms with Gasteiger partial charge in [0.2, 0.25) is 11.8 Å². The maximum absolute atomic E-state index is 12.1. The predicted octanol–water partition coefficient (Wildman–Crippen LogP) is 3.92. The smallest absolute Gasteiger partial charge is 0.238 e. The van der Waals surface area contributed by atoms with E-state index in [0.717, 1.165) is 40.4 Å². The zero-order chi connectivity index (χ0) is 24.3. The molecule has 8 heteroatoms. The van der Waals surface area contributed by atoms with Gasteiger partial charge in [-0.2, -0.15) is 0 Å². The molecule has 8 nitrogen and oxygen atoms in total. The van der Waals surface area contributed by atoms with Gasteiger partial charge in [-0.3, -0.25) is 9.59 Å². The maximum atomic E-state index is 12.1. The summed E-state index contributed by atoms with van der Waals surface area (Å²) >= 11 is 0. The summed E-state index contributed by atoms with van der Waals surface area (Å²) in [6, 6.07) is 22.9. The van der Waals surface area contributed by atoms with Crippen LogP contribution in [0.15, 0.2) is 94.2 Å². The number of hydrogen-bond acceptors (Lipinski definition) is 6. The zero-order valence-electron chi connectivity index (χ0n) is 19.3. The molecule has 35 heavy (non-hydrogen) atoms. The van der Waals surface area contributed by atoms with E-state index in [1.165, 1.54) is 0 Å². The van der Waals surface area contributed by atoms with Crippen LogP contribution < -0.4 is 21.3 Å². The van der Waals surface area contributed by atoms with E-state index >= 15 is 0 Å². The number of rotatable bonds is 12. The number of anilines is 2. The van der Waals surface area contributed by atoms with Crippen molar-refractivity contribution in [2.45, 2.75) is 19.5 Å². The second-order valence-electron chi connectivity index (χ2n) is 8.03. The van der Waals surface area contributed by atoms with Crippen molar-refractivity contribution in [3.63, 3.8) is 0 Å². The highest BCUT2D eigenvalue weighted by molar-refractivity contribution is 5.92. The number of carbonyl (C=O) groups is 2. The van der Waals surface area contributed by atoms with Crippen LogP contribution in [-0.2, 0) is 29.1 Å². The van der Waals surface area contributed by atoms with Gasteiger partial charge in [-0.25, -0.2) is 0 Å². The van der Waals surface area contributed by atoms with Gasteiger partial charge in [-0.05, 0) is 66.1 Å². The molecule has 0 unspecified atom stereocenters. The molecular formula is C27H28N4O4. The second-order valence-corrected chi connectivity index (χ2v) is 8.03. The maximum Gasteiger partial charge on any atom is 0.238 e. The molecule has 0 bridgehead atoms. The highest BCUT2D eigenvalue weighted by Gasteiger charge is 2.05. The van der Waals surface area contributed by atoms with Gasteiger partial charge in [0.05, 0.1) is 38.7 Å². The van der Waals surface area contributed by atoms with Crippen molar-refractivity contribution in [2.75, 3.05) is 23.7 Å². The van der Waals surface area contributed by atoms with Crippen molar-refractivity contribution in [1.82, 2.24) is 10.6 Å².